The number of aromatic nitrogens is 2. The van der Waals surface area contributed by atoms with Crippen LogP contribution in [0.25, 0.3) is 11.5 Å². The summed E-state index contributed by atoms with van der Waals surface area (Å²) in [6, 6.07) is 5.42. The molecule has 6 heteroatoms. The zero-order valence-electron chi connectivity index (χ0n) is 10.6. The predicted octanol–water partition coefficient (Wildman–Crippen LogP) is 1.47. The molecule has 1 aromatic carbocycles. The molecule has 1 aromatic heterocycles. The molecule has 0 aliphatic rings. The van der Waals surface area contributed by atoms with Gasteiger partial charge >= 0.3 is 0 Å². The minimum Gasteiger partial charge on any atom is -0.497 e. The van der Waals surface area contributed by atoms with Crippen molar-refractivity contribution in [3.8, 4) is 23.0 Å². The van der Waals surface area contributed by atoms with Gasteiger partial charge in [0.2, 0.25) is 0 Å². The number of methoxy groups -OCH3 is 2. The fraction of sp³-hybridized carbons (Fsp3) is 0.333. The van der Waals surface area contributed by atoms with Gasteiger partial charge in [0.05, 0.1) is 26.3 Å². The van der Waals surface area contributed by atoms with E-state index in [9.17, 15) is 0 Å². The van der Waals surface area contributed by atoms with Crippen LogP contribution < -0.4 is 14.8 Å². The SMILES string of the molecule is CNCc1noc(-c2ccc(OC)cc2OC)n1. The van der Waals surface area contributed by atoms with Crippen LogP contribution in [-0.4, -0.2) is 31.4 Å². The van der Waals surface area contributed by atoms with Crippen LogP contribution in [-0.2, 0) is 6.54 Å². The molecular formula is C12H15N3O3. The number of nitrogens with one attached hydrogen (secondary N) is 1. The summed E-state index contributed by atoms with van der Waals surface area (Å²) in [5, 5.41) is 6.82. The van der Waals surface area contributed by atoms with Crippen molar-refractivity contribution < 1.29 is 14.0 Å². The van der Waals surface area contributed by atoms with E-state index in [4.69, 9.17) is 14.0 Å². The summed E-state index contributed by atoms with van der Waals surface area (Å²) < 4.78 is 15.6. The highest BCUT2D eigenvalue weighted by Crippen LogP contribution is 2.32. The highest BCUT2D eigenvalue weighted by Gasteiger charge is 2.14. The van der Waals surface area contributed by atoms with Gasteiger partial charge in [0.15, 0.2) is 5.82 Å². The molecule has 0 spiro atoms. The molecule has 6 nitrogen and oxygen atoms in total. The van der Waals surface area contributed by atoms with E-state index in [1.54, 1.807) is 20.3 Å². The number of rotatable bonds is 5. The summed E-state index contributed by atoms with van der Waals surface area (Å²) >= 11 is 0. The first-order valence-electron chi connectivity index (χ1n) is 5.48. The summed E-state index contributed by atoms with van der Waals surface area (Å²) in [6.07, 6.45) is 0. The maximum atomic E-state index is 5.29. The van der Waals surface area contributed by atoms with Crippen LogP contribution in [0.1, 0.15) is 5.82 Å². The van der Waals surface area contributed by atoms with Crippen molar-refractivity contribution in [2.75, 3.05) is 21.3 Å². The van der Waals surface area contributed by atoms with Gasteiger partial charge in [-0.3, -0.25) is 0 Å². The lowest BCUT2D eigenvalue weighted by Crippen LogP contribution is -2.06. The third-order valence-electron chi connectivity index (χ3n) is 2.44. The third-order valence-corrected chi connectivity index (χ3v) is 2.44. The van der Waals surface area contributed by atoms with Gasteiger partial charge in [-0.05, 0) is 19.2 Å². The molecule has 96 valence electrons. The van der Waals surface area contributed by atoms with Gasteiger partial charge in [-0.15, -0.1) is 0 Å². The zero-order valence-corrected chi connectivity index (χ0v) is 10.6. The fourth-order valence-electron chi connectivity index (χ4n) is 1.57. The van der Waals surface area contributed by atoms with E-state index in [1.165, 1.54) is 0 Å². The van der Waals surface area contributed by atoms with Gasteiger partial charge in [-0.25, -0.2) is 0 Å². The van der Waals surface area contributed by atoms with Crippen molar-refractivity contribution in [2.45, 2.75) is 6.54 Å². The van der Waals surface area contributed by atoms with E-state index in [2.05, 4.69) is 15.5 Å². The van der Waals surface area contributed by atoms with E-state index < -0.39 is 0 Å². The van der Waals surface area contributed by atoms with E-state index >= 15 is 0 Å². The standard InChI is InChI=1S/C12H15N3O3/c1-13-7-11-14-12(18-15-11)9-5-4-8(16-2)6-10(9)17-3/h4-6,13H,7H2,1-3H3. The van der Waals surface area contributed by atoms with E-state index in [1.807, 2.05) is 19.2 Å². The Morgan fingerprint density at radius 2 is 2.11 bits per heavy atom. The molecule has 0 amide bonds. The quantitative estimate of drug-likeness (QED) is 0.865. The Labute approximate surface area is 105 Å². The van der Waals surface area contributed by atoms with E-state index in [0.29, 0.717) is 29.8 Å². The van der Waals surface area contributed by atoms with Crippen molar-refractivity contribution in [1.82, 2.24) is 15.5 Å². The minimum absolute atomic E-state index is 0.430. The Hall–Kier alpha value is -2.08. The molecule has 0 radical (unpaired) electrons. The Bertz CT molecular complexity index is 525. The van der Waals surface area contributed by atoms with Gasteiger partial charge in [0.1, 0.15) is 11.5 Å². The summed E-state index contributed by atoms with van der Waals surface area (Å²) in [5.74, 6) is 2.38. The summed E-state index contributed by atoms with van der Waals surface area (Å²) in [6.45, 7) is 0.558. The molecule has 0 aliphatic heterocycles. The lowest BCUT2D eigenvalue weighted by atomic mass is 10.2. The Balaban J connectivity index is 2.36. The lowest BCUT2D eigenvalue weighted by molar-refractivity contribution is 0.389. The summed E-state index contributed by atoms with van der Waals surface area (Å²) in [5.41, 5.74) is 0.744. The normalized spacial score (nSPS) is 10.4. The number of hydrogen-bond donors (Lipinski definition) is 1. The number of ether oxygens (including phenoxy) is 2. The maximum Gasteiger partial charge on any atom is 0.261 e. The molecule has 0 bridgehead atoms. The predicted molar refractivity (Wildman–Crippen MR) is 65.6 cm³/mol. The van der Waals surface area contributed by atoms with Gasteiger partial charge in [0, 0.05) is 6.07 Å². The van der Waals surface area contributed by atoms with Gasteiger partial charge in [0.25, 0.3) is 5.89 Å². The van der Waals surface area contributed by atoms with Crippen LogP contribution in [0.2, 0.25) is 0 Å². The molecular weight excluding hydrogens is 234 g/mol. The molecule has 0 saturated carbocycles. The molecule has 0 saturated heterocycles. The highest BCUT2D eigenvalue weighted by atomic mass is 16.5. The second-order valence-corrected chi connectivity index (χ2v) is 3.61. The second kappa shape index (κ2) is 5.50. The average molecular weight is 249 g/mol. The van der Waals surface area contributed by atoms with Crippen LogP contribution in [0.4, 0.5) is 0 Å². The topological polar surface area (TPSA) is 69.4 Å². The lowest BCUT2D eigenvalue weighted by Gasteiger charge is -2.06. The highest BCUT2D eigenvalue weighted by molar-refractivity contribution is 5.64. The van der Waals surface area contributed by atoms with Gasteiger partial charge in [-0.1, -0.05) is 5.16 Å². The minimum atomic E-state index is 0.430. The number of benzene rings is 1. The second-order valence-electron chi connectivity index (χ2n) is 3.61. The molecule has 0 fully saturated rings. The smallest absolute Gasteiger partial charge is 0.261 e. The van der Waals surface area contributed by atoms with Crippen LogP contribution in [0.3, 0.4) is 0 Å². The fourth-order valence-corrected chi connectivity index (χ4v) is 1.57. The number of hydrogen-bond acceptors (Lipinski definition) is 6. The Kier molecular flexibility index (Phi) is 3.78. The Morgan fingerprint density at radius 3 is 2.78 bits per heavy atom. The molecule has 2 aromatic rings. The van der Waals surface area contributed by atoms with Crippen molar-refractivity contribution in [3.63, 3.8) is 0 Å². The van der Waals surface area contributed by atoms with Gasteiger partial charge < -0.3 is 19.3 Å². The van der Waals surface area contributed by atoms with E-state index in [-0.39, 0.29) is 0 Å². The average Bonchev–Trinajstić information content (AvgIpc) is 2.87. The summed E-state index contributed by atoms with van der Waals surface area (Å²) in [7, 11) is 5.01. The van der Waals surface area contributed by atoms with Crippen LogP contribution in [0.15, 0.2) is 22.7 Å². The van der Waals surface area contributed by atoms with Crippen LogP contribution in [0, 0.1) is 0 Å². The first-order valence-corrected chi connectivity index (χ1v) is 5.48. The van der Waals surface area contributed by atoms with E-state index in [0.717, 1.165) is 5.56 Å². The molecule has 0 aliphatic carbocycles. The largest absolute Gasteiger partial charge is 0.497 e. The van der Waals surface area contributed by atoms with Crippen molar-refractivity contribution >= 4 is 0 Å². The summed E-state index contributed by atoms with van der Waals surface area (Å²) in [4.78, 5) is 4.27. The van der Waals surface area contributed by atoms with Gasteiger partial charge in [-0.2, -0.15) is 4.98 Å². The molecule has 0 unspecified atom stereocenters. The van der Waals surface area contributed by atoms with Crippen molar-refractivity contribution in [3.05, 3.63) is 24.0 Å². The maximum absolute atomic E-state index is 5.29. The first kappa shape index (κ1) is 12.4. The third kappa shape index (κ3) is 2.43. The molecule has 2 rings (SSSR count). The molecule has 0 atom stereocenters. The first-order chi connectivity index (χ1) is 8.78. The van der Waals surface area contributed by atoms with Crippen LogP contribution >= 0.6 is 0 Å². The molecule has 1 N–H and O–H groups in total. The monoisotopic (exact) mass is 249 g/mol. The molecule has 1 heterocycles. The zero-order chi connectivity index (χ0) is 13.0. The number of nitrogens with zero attached hydrogens (tertiary/aromatic N) is 2. The van der Waals surface area contributed by atoms with Crippen LogP contribution in [0.5, 0.6) is 11.5 Å². The Morgan fingerprint density at radius 1 is 1.28 bits per heavy atom. The molecule has 18 heavy (non-hydrogen) atoms. The van der Waals surface area contributed by atoms with Crippen molar-refractivity contribution in [1.29, 1.82) is 0 Å². The van der Waals surface area contributed by atoms with Crippen molar-refractivity contribution in [2.24, 2.45) is 0 Å².